The van der Waals surface area contributed by atoms with Crippen LogP contribution in [0.2, 0.25) is 0 Å². The van der Waals surface area contributed by atoms with Gasteiger partial charge in [-0.25, -0.2) is 0 Å². The quantitative estimate of drug-likeness (QED) is 0.807. The molecule has 0 aromatic heterocycles. The zero-order valence-electron chi connectivity index (χ0n) is 11.4. The van der Waals surface area contributed by atoms with Crippen molar-refractivity contribution < 1.29 is 4.79 Å². The second-order valence-corrected chi connectivity index (χ2v) is 5.94. The number of hydrogen-bond donors (Lipinski definition) is 1. The minimum absolute atomic E-state index is 0.0941. The van der Waals surface area contributed by atoms with E-state index in [9.17, 15) is 4.79 Å². The first-order valence-corrected chi connectivity index (χ1v) is 7.57. The molecule has 102 valence electrons. The monoisotopic (exact) mass is 251 g/mol. The lowest BCUT2D eigenvalue weighted by molar-refractivity contribution is -0.132. The molecule has 3 saturated heterocycles. The summed E-state index contributed by atoms with van der Waals surface area (Å²) < 4.78 is 0. The highest BCUT2D eigenvalue weighted by Gasteiger charge is 2.40. The van der Waals surface area contributed by atoms with Gasteiger partial charge in [0.05, 0.1) is 6.04 Å². The Kier molecular flexibility index (Phi) is 3.57. The van der Waals surface area contributed by atoms with E-state index in [0.29, 0.717) is 11.9 Å². The molecule has 0 aromatic rings. The Balaban J connectivity index is 1.60. The number of amides is 1. The van der Waals surface area contributed by atoms with E-state index in [4.69, 9.17) is 0 Å². The van der Waals surface area contributed by atoms with E-state index in [1.54, 1.807) is 0 Å². The molecule has 0 aliphatic carbocycles. The maximum Gasteiger partial charge on any atom is 0.240 e. The average Bonchev–Trinajstić information content (AvgIpc) is 2.97. The second kappa shape index (κ2) is 5.17. The van der Waals surface area contributed by atoms with E-state index < -0.39 is 0 Å². The maximum atomic E-state index is 12.3. The van der Waals surface area contributed by atoms with Crippen molar-refractivity contribution in [3.8, 4) is 0 Å². The minimum atomic E-state index is 0.0941. The SMILES string of the molecule is CCNC1CCN(C2CCN3CCCC3C2)C1=O. The fourth-order valence-corrected chi connectivity index (χ4v) is 3.99. The van der Waals surface area contributed by atoms with Crippen LogP contribution >= 0.6 is 0 Å². The van der Waals surface area contributed by atoms with E-state index in [1.807, 2.05) is 0 Å². The smallest absolute Gasteiger partial charge is 0.240 e. The summed E-state index contributed by atoms with van der Waals surface area (Å²) in [5, 5.41) is 3.31. The number of carbonyl (C=O) groups excluding carboxylic acids is 1. The molecule has 0 bridgehead atoms. The zero-order valence-corrected chi connectivity index (χ0v) is 11.4. The summed E-state index contributed by atoms with van der Waals surface area (Å²) in [7, 11) is 0. The normalized spacial score (nSPS) is 37.3. The molecule has 3 atom stereocenters. The summed E-state index contributed by atoms with van der Waals surface area (Å²) in [6, 6.07) is 1.37. The third-order valence-corrected chi connectivity index (χ3v) is 4.92. The van der Waals surface area contributed by atoms with Crippen molar-refractivity contribution in [3.05, 3.63) is 0 Å². The largest absolute Gasteiger partial charge is 0.338 e. The van der Waals surface area contributed by atoms with E-state index in [2.05, 4.69) is 22.0 Å². The van der Waals surface area contributed by atoms with Gasteiger partial charge in [-0.3, -0.25) is 4.79 Å². The first-order chi connectivity index (χ1) is 8.79. The Morgan fingerprint density at radius 2 is 2.06 bits per heavy atom. The number of nitrogens with one attached hydrogen (secondary N) is 1. The molecule has 1 amide bonds. The van der Waals surface area contributed by atoms with Crippen LogP contribution in [0.15, 0.2) is 0 Å². The Bertz CT molecular complexity index is 320. The summed E-state index contributed by atoms with van der Waals surface area (Å²) in [6.45, 7) is 6.42. The van der Waals surface area contributed by atoms with Crippen LogP contribution in [0.5, 0.6) is 0 Å². The molecule has 18 heavy (non-hydrogen) atoms. The van der Waals surface area contributed by atoms with Gasteiger partial charge in [-0.2, -0.15) is 0 Å². The van der Waals surface area contributed by atoms with Crippen LogP contribution in [0, 0.1) is 0 Å². The Morgan fingerprint density at radius 1 is 1.17 bits per heavy atom. The van der Waals surface area contributed by atoms with Crippen LogP contribution in [0.1, 0.15) is 39.0 Å². The third kappa shape index (κ3) is 2.16. The van der Waals surface area contributed by atoms with Gasteiger partial charge in [-0.15, -0.1) is 0 Å². The fraction of sp³-hybridized carbons (Fsp3) is 0.929. The molecule has 3 aliphatic rings. The van der Waals surface area contributed by atoms with Gasteiger partial charge >= 0.3 is 0 Å². The Labute approximate surface area is 110 Å². The molecule has 0 aromatic carbocycles. The lowest BCUT2D eigenvalue weighted by Crippen LogP contribution is -2.49. The van der Waals surface area contributed by atoms with Crippen LogP contribution in [0.4, 0.5) is 0 Å². The molecule has 4 nitrogen and oxygen atoms in total. The minimum Gasteiger partial charge on any atom is -0.338 e. The van der Waals surface area contributed by atoms with Crippen LogP contribution in [0.3, 0.4) is 0 Å². The molecule has 1 N–H and O–H groups in total. The van der Waals surface area contributed by atoms with Crippen LogP contribution in [-0.4, -0.2) is 60.0 Å². The van der Waals surface area contributed by atoms with Crippen LogP contribution in [-0.2, 0) is 4.79 Å². The highest BCUT2D eigenvalue weighted by molar-refractivity contribution is 5.84. The van der Waals surface area contributed by atoms with Crippen molar-refractivity contribution in [2.45, 2.75) is 57.2 Å². The molecular weight excluding hydrogens is 226 g/mol. The molecular formula is C14H25N3O. The second-order valence-electron chi connectivity index (χ2n) is 5.94. The van der Waals surface area contributed by atoms with Gasteiger partial charge < -0.3 is 15.1 Å². The molecule has 3 fully saturated rings. The molecule has 4 heteroatoms. The fourth-order valence-electron chi connectivity index (χ4n) is 3.99. The van der Waals surface area contributed by atoms with E-state index in [0.717, 1.165) is 25.6 Å². The highest BCUT2D eigenvalue weighted by atomic mass is 16.2. The number of nitrogens with zero attached hydrogens (tertiary/aromatic N) is 2. The van der Waals surface area contributed by atoms with Crippen molar-refractivity contribution in [2.24, 2.45) is 0 Å². The number of likely N-dealkylation sites (N-methyl/N-ethyl adjacent to an activating group) is 1. The number of likely N-dealkylation sites (tertiary alicyclic amines) is 1. The number of rotatable bonds is 3. The first-order valence-electron chi connectivity index (χ1n) is 7.57. The lowest BCUT2D eigenvalue weighted by atomic mass is 9.96. The van der Waals surface area contributed by atoms with Crippen molar-refractivity contribution in [2.75, 3.05) is 26.2 Å². The predicted octanol–water partition coefficient (Wildman–Crippen LogP) is 0.824. The highest BCUT2D eigenvalue weighted by Crippen LogP contribution is 2.31. The average molecular weight is 251 g/mol. The van der Waals surface area contributed by atoms with Crippen LogP contribution in [0.25, 0.3) is 0 Å². The van der Waals surface area contributed by atoms with Gasteiger partial charge in [0.1, 0.15) is 0 Å². The summed E-state index contributed by atoms with van der Waals surface area (Å²) in [6.07, 6.45) is 6.09. The zero-order chi connectivity index (χ0) is 12.5. The summed E-state index contributed by atoms with van der Waals surface area (Å²) >= 11 is 0. The van der Waals surface area contributed by atoms with Crippen LogP contribution < -0.4 is 5.32 Å². The number of fused-ring (bicyclic) bond motifs is 1. The van der Waals surface area contributed by atoms with Gasteiger partial charge in [-0.05, 0) is 45.2 Å². The lowest BCUT2D eigenvalue weighted by Gasteiger charge is -2.39. The Morgan fingerprint density at radius 3 is 2.89 bits per heavy atom. The van der Waals surface area contributed by atoms with E-state index in [-0.39, 0.29) is 6.04 Å². The van der Waals surface area contributed by atoms with Gasteiger partial charge in [0, 0.05) is 25.2 Å². The number of piperidine rings is 1. The van der Waals surface area contributed by atoms with Gasteiger partial charge in [0.15, 0.2) is 0 Å². The standard InChI is InChI=1S/C14H25N3O/c1-2-15-13-6-9-17(14(13)18)12-5-8-16-7-3-4-11(16)10-12/h11-13,15H,2-10H2,1H3. The number of carbonyl (C=O) groups is 1. The molecule has 0 radical (unpaired) electrons. The molecule has 3 aliphatic heterocycles. The van der Waals surface area contributed by atoms with E-state index in [1.165, 1.54) is 38.8 Å². The van der Waals surface area contributed by atoms with Gasteiger partial charge in [0.2, 0.25) is 5.91 Å². The molecule has 3 unspecified atom stereocenters. The first kappa shape index (κ1) is 12.4. The maximum absolute atomic E-state index is 12.3. The molecule has 3 rings (SSSR count). The van der Waals surface area contributed by atoms with E-state index >= 15 is 0 Å². The number of hydrogen-bond acceptors (Lipinski definition) is 3. The predicted molar refractivity (Wildman–Crippen MR) is 71.4 cm³/mol. The molecule has 0 spiro atoms. The Hall–Kier alpha value is -0.610. The molecule has 0 saturated carbocycles. The van der Waals surface area contributed by atoms with Crippen molar-refractivity contribution in [1.29, 1.82) is 0 Å². The third-order valence-electron chi connectivity index (χ3n) is 4.92. The summed E-state index contributed by atoms with van der Waals surface area (Å²) in [5.74, 6) is 0.355. The van der Waals surface area contributed by atoms with Gasteiger partial charge in [0.25, 0.3) is 0 Å². The van der Waals surface area contributed by atoms with Crippen molar-refractivity contribution >= 4 is 5.91 Å². The van der Waals surface area contributed by atoms with Crippen molar-refractivity contribution in [3.63, 3.8) is 0 Å². The van der Waals surface area contributed by atoms with Gasteiger partial charge in [-0.1, -0.05) is 6.92 Å². The van der Waals surface area contributed by atoms with Crippen molar-refractivity contribution in [1.82, 2.24) is 15.1 Å². The topological polar surface area (TPSA) is 35.6 Å². The molecule has 3 heterocycles. The summed E-state index contributed by atoms with van der Waals surface area (Å²) in [4.78, 5) is 17.1. The summed E-state index contributed by atoms with van der Waals surface area (Å²) in [5.41, 5.74) is 0.